The molecular weight excluding hydrogens is 284 g/mol. The first-order valence-electron chi connectivity index (χ1n) is 8.18. The van der Waals surface area contributed by atoms with Crippen LogP contribution in [0.5, 0.6) is 0 Å². The van der Waals surface area contributed by atoms with Gasteiger partial charge in [-0.1, -0.05) is 0 Å². The van der Waals surface area contributed by atoms with Gasteiger partial charge in [0.25, 0.3) is 0 Å². The molecule has 3 saturated heterocycles. The topological polar surface area (TPSA) is 34.6 Å². The van der Waals surface area contributed by atoms with Crippen LogP contribution in [-0.2, 0) is 16.0 Å². The molecule has 116 valence electrons. The highest BCUT2D eigenvalue weighted by Crippen LogP contribution is 2.47. The Balaban J connectivity index is 1.37. The maximum absolute atomic E-state index is 6.04. The summed E-state index contributed by atoms with van der Waals surface area (Å²) in [5.41, 5.74) is 1.20. The molecule has 5 atom stereocenters. The summed E-state index contributed by atoms with van der Waals surface area (Å²) in [4.78, 5) is 7.34. The van der Waals surface area contributed by atoms with Crippen molar-refractivity contribution in [1.82, 2.24) is 9.88 Å². The molecule has 0 radical (unpaired) electrons. The first-order valence-corrected chi connectivity index (χ1v) is 9.06. The van der Waals surface area contributed by atoms with E-state index in [-0.39, 0.29) is 6.10 Å². The first-order chi connectivity index (χ1) is 10.2. The maximum Gasteiger partial charge on any atom is 0.122 e. The summed E-state index contributed by atoms with van der Waals surface area (Å²) >= 11 is 1.73. The summed E-state index contributed by atoms with van der Waals surface area (Å²) in [6, 6.07) is 0. The summed E-state index contributed by atoms with van der Waals surface area (Å²) < 4.78 is 11.7. The number of likely N-dealkylation sites (tertiary alicyclic amines) is 1. The van der Waals surface area contributed by atoms with Crippen LogP contribution in [0, 0.1) is 11.8 Å². The van der Waals surface area contributed by atoms with Crippen molar-refractivity contribution in [2.24, 2.45) is 11.8 Å². The van der Waals surface area contributed by atoms with Gasteiger partial charge in [-0.3, -0.25) is 4.90 Å². The number of thiazole rings is 1. The van der Waals surface area contributed by atoms with E-state index in [1.165, 1.54) is 31.6 Å². The van der Waals surface area contributed by atoms with Crippen molar-refractivity contribution in [2.75, 3.05) is 19.7 Å². The fourth-order valence-corrected chi connectivity index (χ4v) is 5.12. The third-order valence-electron chi connectivity index (χ3n) is 5.25. The smallest absolute Gasteiger partial charge is 0.122 e. The van der Waals surface area contributed by atoms with E-state index in [4.69, 9.17) is 14.5 Å². The minimum atomic E-state index is 0.121. The lowest BCUT2D eigenvalue weighted by atomic mass is 9.82. The fourth-order valence-electron chi connectivity index (χ4n) is 4.31. The summed E-state index contributed by atoms with van der Waals surface area (Å²) in [6.45, 7) is 8.24. The molecule has 4 rings (SSSR count). The molecule has 2 bridgehead atoms. The normalized spacial score (nSPS) is 36.3. The van der Waals surface area contributed by atoms with Gasteiger partial charge in [0.05, 0.1) is 17.9 Å². The van der Waals surface area contributed by atoms with Crippen LogP contribution in [0.4, 0.5) is 0 Å². The summed E-state index contributed by atoms with van der Waals surface area (Å²) in [6.07, 6.45) is 3.79. The van der Waals surface area contributed by atoms with E-state index in [0.29, 0.717) is 12.2 Å². The Bertz CT molecular complexity index is 488. The van der Waals surface area contributed by atoms with Gasteiger partial charge in [-0.2, -0.15) is 0 Å². The molecule has 0 unspecified atom stereocenters. The van der Waals surface area contributed by atoms with Crippen LogP contribution in [-0.4, -0.2) is 41.8 Å². The van der Waals surface area contributed by atoms with Crippen LogP contribution >= 0.6 is 11.3 Å². The van der Waals surface area contributed by atoms with E-state index in [1.807, 2.05) is 6.92 Å². The van der Waals surface area contributed by atoms with Crippen molar-refractivity contribution in [3.05, 3.63) is 16.1 Å². The molecule has 3 aliphatic rings. The number of hydrogen-bond donors (Lipinski definition) is 0. The van der Waals surface area contributed by atoms with E-state index >= 15 is 0 Å². The predicted molar refractivity (Wildman–Crippen MR) is 82.3 cm³/mol. The Morgan fingerprint density at radius 2 is 2.10 bits per heavy atom. The van der Waals surface area contributed by atoms with Crippen LogP contribution in [0.25, 0.3) is 0 Å². The largest absolute Gasteiger partial charge is 0.374 e. The van der Waals surface area contributed by atoms with Crippen molar-refractivity contribution in [1.29, 1.82) is 0 Å². The zero-order valence-electron chi connectivity index (χ0n) is 12.8. The molecule has 0 spiro atoms. The molecule has 21 heavy (non-hydrogen) atoms. The van der Waals surface area contributed by atoms with Crippen molar-refractivity contribution in [3.63, 3.8) is 0 Å². The average Bonchev–Trinajstić information content (AvgIpc) is 3.21. The molecular formula is C16H24N2O2S. The predicted octanol–water partition coefficient (Wildman–Crippen LogP) is 2.85. The van der Waals surface area contributed by atoms with Crippen LogP contribution in [0.2, 0.25) is 0 Å². The molecule has 0 saturated carbocycles. The molecule has 4 heterocycles. The quantitative estimate of drug-likeness (QED) is 0.838. The molecule has 0 aromatic carbocycles. The van der Waals surface area contributed by atoms with Gasteiger partial charge in [0.15, 0.2) is 0 Å². The standard InChI is InChI=1S/C16H24N2O2S/c1-3-19-10(2)16-17-11(9-21-16)6-18-7-12-13(8-18)15-5-4-14(12)20-15/h9-10,12-15H,3-8H2,1-2H3/t10-,12+,13+,14-,15-/m1/s1. The van der Waals surface area contributed by atoms with Gasteiger partial charge in [-0.25, -0.2) is 4.98 Å². The fraction of sp³-hybridized carbons (Fsp3) is 0.812. The van der Waals surface area contributed by atoms with Crippen molar-refractivity contribution < 1.29 is 9.47 Å². The molecule has 3 fully saturated rings. The Morgan fingerprint density at radius 1 is 1.38 bits per heavy atom. The van der Waals surface area contributed by atoms with Crippen LogP contribution in [0.3, 0.4) is 0 Å². The summed E-state index contributed by atoms with van der Waals surface area (Å²) in [5, 5.41) is 3.30. The Labute approximate surface area is 130 Å². The highest BCUT2D eigenvalue weighted by molar-refractivity contribution is 7.09. The van der Waals surface area contributed by atoms with Crippen LogP contribution in [0.15, 0.2) is 5.38 Å². The number of hydrogen-bond acceptors (Lipinski definition) is 5. The van der Waals surface area contributed by atoms with Gasteiger partial charge in [0.2, 0.25) is 0 Å². The number of ether oxygens (including phenoxy) is 2. The minimum absolute atomic E-state index is 0.121. The summed E-state index contributed by atoms with van der Waals surface area (Å²) in [7, 11) is 0. The van der Waals surface area contributed by atoms with Crippen molar-refractivity contribution >= 4 is 11.3 Å². The lowest BCUT2D eigenvalue weighted by Crippen LogP contribution is -2.24. The van der Waals surface area contributed by atoms with Gasteiger partial charge in [-0.05, 0) is 26.7 Å². The Hall–Kier alpha value is -0.490. The van der Waals surface area contributed by atoms with E-state index in [2.05, 4.69) is 17.2 Å². The van der Waals surface area contributed by atoms with E-state index < -0.39 is 0 Å². The van der Waals surface area contributed by atoms with E-state index in [0.717, 1.165) is 30.0 Å². The lowest BCUT2D eigenvalue weighted by molar-refractivity contribution is 0.0693. The minimum Gasteiger partial charge on any atom is -0.374 e. The number of aromatic nitrogens is 1. The van der Waals surface area contributed by atoms with Crippen LogP contribution in [0.1, 0.15) is 43.5 Å². The zero-order valence-corrected chi connectivity index (χ0v) is 13.6. The third kappa shape index (κ3) is 2.54. The summed E-state index contributed by atoms with van der Waals surface area (Å²) in [5.74, 6) is 1.56. The highest BCUT2D eigenvalue weighted by atomic mass is 32.1. The number of rotatable bonds is 5. The van der Waals surface area contributed by atoms with Crippen molar-refractivity contribution in [3.8, 4) is 0 Å². The van der Waals surface area contributed by atoms with Gasteiger partial charge >= 0.3 is 0 Å². The molecule has 0 amide bonds. The van der Waals surface area contributed by atoms with E-state index in [9.17, 15) is 0 Å². The van der Waals surface area contributed by atoms with E-state index in [1.54, 1.807) is 11.3 Å². The molecule has 5 heteroatoms. The highest BCUT2D eigenvalue weighted by Gasteiger charge is 2.52. The zero-order chi connectivity index (χ0) is 14.4. The Morgan fingerprint density at radius 3 is 2.76 bits per heavy atom. The van der Waals surface area contributed by atoms with Gasteiger partial charge in [-0.15, -0.1) is 11.3 Å². The second kappa shape index (κ2) is 5.61. The lowest BCUT2D eigenvalue weighted by Gasteiger charge is -2.18. The second-order valence-corrected chi connectivity index (χ2v) is 7.48. The van der Waals surface area contributed by atoms with Crippen LogP contribution < -0.4 is 0 Å². The molecule has 4 nitrogen and oxygen atoms in total. The molecule has 0 aliphatic carbocycles. The van der Waals surface area contributed by atoms with Gasteiger partial charge in [0.1, 0.15) is 11.1 Å². The number of fused-ring (bicyclic) bond motifs is 5. The molecule has 0 N–H and O–H groups in total. The first kappa shape index (κ1) is 14.1. The van der Waals surface area contributed by atoms with Gasteiger partial charge < -0.3 is 9.47 Å². The third-order valence-corrected chi connectivity index (χ3v) is 6.30. The molecule has 1 aromatic rings. The molecule has 1 aromatic heterocycles. The average molecular weight is 308 g/mol. The Kier molecular flexibility index (Phi) is 3.78. The second-order valence-electron chi connectivity index (χ2n) is 6.59. The van der Waals surface area contributed by atoms with Gasteiger partial charge in [0, 0.05) is 43.5 Å². The van der Waals surface area contributed by atoms with Crippen molar-refractivity contribution in [2.45, 2.75) is 51.5 Å². The SMILES string of the molecule is CCO[C@H](C)c1nc(CN2C[C@H]3[C@H](C2)[C@H]2CC[C@H]3O2)cs1. The maximum atomic E-state index is 6.04. The number of nitrogens with zero attached hydrogens (tertiary/aromatic N) is 2. The monoisotopic (exact) mass is 308 g/mol. The molecule has 3 aliphatic heterocycles.